The SMILES string of the molecule is CC.NC(=O)Nc1ccccc1.NC1CCCCC1. The van der Waals surface area contributed by atoms with Gasteiger partial charge >= 0.3 is 6.03 Å². The van der Waals surface area contributed by atoms with Crippen molar-refractivity contribution in [3.63, 3.8) is 0 Å². The normalized spacial score (nSPS) is 14.3. The maximum absolute atomic E-state index is 10.3. The molecule has 4 heteroatoms. The van der Waals surface area contributed by atoms with Gasteiger partial charge in [0, 0.05) is 11.7 Å². The predicted octanol–water partition coefficient (Wildman–Crippen LogP) is 3.48. The van der Waals surface area contributed by atoms with Crippen LogP contribution in [0.25, 0.3) is 0 Å². The van der Waals surface area contributed by atoms with Crippen molar-refractivity contribution in [2.24, 2.45) is 11.5 Å². The summed E-state index contributed by atoms with van der Waals surface area (Å²) >= 11 is 0. The van der Waals surface area contributed by atoms with Crippen LogP contribution >= 0.6 is 0 Å². The summed E-state index contributed by atoms with van der Waals surface area (Å²) in [5, 5.41) is 2.44. The topological polar surface area (TPSA) is 81.1 Å². The number of para-hydroxylation sites is 1. The summed E-state index contributed by atoms with van der Waals surface area (Å²) in [4.78, 5) is 10.3. The lowest BCUT2D eigenvalue weighted by atomic mass is 9.97. The number of nitrogens with one attached hydrogen (secondary N) is 1. The summed E-state index contributed by atoms with van der Waals surface area (Å²) in [6.07, 6.45) is 6.66. The number of hydrogen-bond acceptors (Lipinski definition) is 2. The molecule has 0 heterocycles. The van der Waals surface area contributed by atoms with Gasteiger partial charge in [0.1, 0.15) is 0 Å². The Bertz CT molecular complexity index is 321. The lowest BCUT2D eigenvalue weighted by Gasteiger charge is -2.15. The summed E-state index contributed by atoms with van der Waals surface area (Å²) in [7, 11) is 0. The number of rotatable bonds is 1. The van der Waals surface area contributed by atoms with Crippen molar-refractivity contribution in [2.45, 2.75) is 52.0 Å². The second kappa shape index (κ2) is 11.5. The number of nitrogens with two attached hydrogens (primary N) is 2. The molecule has 0 unspecified atom stereocenters. The Morgan fingerprint density at radius 3 is 2.00 bits per heavy atom. The smallest absolute Gasteiger partial charge is 0.316 e. The highest BCUT2D eigenvalue weighted by atomic mass is 16.2. The van der Waals surface area contributed by atoms with Gasteiger partial charge in [-0.1, -0.05) is 51.3 Å². The minimum Gasteiger partial charge on any atom is -0.351 e. The van der Waals surface area contributed by atoms with Crippen LogP contribution in [0.1, 0.15) is 46.0 Å². The lowest BCUT2D eigenvalue weighted by Crippen LogP contribution is -2.22. The summed E-state index contributed by atoms with van der Waals surface area (Å²) in [6.45, 7) is 4.00. The first kappa shape index (κ1) is 17.4. The Hall–Kier alpha value is -1.55. The van der Waals surface area contributed by atoms with E-state index >= 15 is 0 Å². The molecule has 108 valence electrons. The molecule has 1 aliphatic carbocycles. The molecule has 0 aromatic heterocycles. The molecule has 1 saturated carbocycles. The Morgan fingerprint density at radius 2 is 1.63 bits per heavy atom. The van der Waals surface area contributed by atoms with Gasteiger partial charge in [-0.05, 0) is 25.0 Å². The van der Waals surface area contributed by atoms with Gasteiger partial charge < -0.3 is 16.8 Å². The number of carbonyl (C=O) groups excluding carboxylic acids is 1. The average molecular weight is 265 g/mol. The first-order valence-electron chi connectivity index (χ1n) is 7.05. The van der Waals surface area contributed by atoms with Crippen LogP contribution in [0.5, 0.6) is 0 Å². The van der Waals surface area contributed by atoms with E-state index in [2.05, 4.69) is 5.32 Å². The first-order chi connectivity index (χ1) is 9.18. The molecule has 0 saturated heterocycles. The number of anilines is 1. The fourth-order valence-corrected chi connectivity index (χ4v) is 1.80. The van der Waals surface area contributed by atoms with Crippen LogP contribution < -0.4 is 16.8 Å². The molecule has 0 spiro atoms. The number of urea groups is 1. The molecule has 1 aliphatic rings. The van der Waals surface area contributed by atoms with Crippen molar-refractivity contribution in [3.05, 3.63) is 30.3 Å². The summed E-state index contributed by atoms with van der Waals surface area (Å²) in [6, 6.07) is 9.05. The molecular formula is C15H27N3O. The van der Waals surface area contributed by atoms with Gasteiger partial charge in [-0.3, -0.25) is 0 Å². The highest BCUT2D eigenvalue weighted by Gasteiger charge is 2.06. The number of carbonyl (C=O) groups is 1. The van der Waals surface area contributed by atoms with Crippen LogP contribution in [0.3, 0.4) is 0 Å². The molecule has 4 nitrogen and oxygen atoms in total. The van der Waals surface area contributed by atoms with E-state index in [-0.39, 0.29) is 0 Å². The van der Waals surface area contributed by atoms with Crippen molar-refractivity contribution in [1.29, 1.82) is 0 Å². The maximum Gasteiger partial charge on any atom is 0.316 e. The van der Waals surface area contributed by atoms with E-state index in [4.69, 9.17) is 11.5 Å². The number of benzene rings is 1. The Kier molecular flexibility index (Phi) is 10.6. The van der Waals surface area contributed by atoms with E-state index in [0.29, 0.717) is 6.04 Å². The van der Waals surface area contributed by atoms with Crippen LogP contribution in [0.2, 0.25) is 0 Å². The van der Waals surface area contributed by atoms with Crippen molar-refractivity contribution in [3.8, 4) is 0 Å². The molecular weight excluding hydrogens is 238 g/mol. The minimum atomic E-state index is -0.536. The fraction of sp³-hybridized carbons (Fsp3) is 0.533. The van der Waals surface area contributed by atoms with Gasteiger partial charge in [-0.2, -0.15) is 0 Å². The van der Waals surface area contributed by atoms with E-state index in [1.54, 1.807) is 12.1 Å². The standard InChI is InChI=1S/C7H8N2O.C6H13N.C2H6/c8-7(10)9-6-4-2-1-3-5-6;7-6-4-2-1-3-5-6;1-2/h1-5H,(H3,8,9,10);6H,1-5,7H2;1-2H3. The van der Waals surface area contributed by atoms with Gasteiger partial charge in [-0.25, -0.2) is 4.79 Å². The highest BCUT2D eigenvalue weighted by molar-refractivity contribution is 5.87. The van der Waals surface area contributed by atoms with Gasteiger partial charge in [0.25, 0.3) is 0 Å². The molecule has 19 heavy (non-hydrogen) atoms. The molecule has 0 atom stereocenters. The van der Waals surface area contributed by atoms with E-state index in [1.165, 1.54) is 32.1 Å². The molecule has 2 rings (SSSR count). The molecule has 2 amide bonds. The third kappa shape index (κ3) is 10.1. The minimum absolute atomic E-state index is 0.536. The van der Waals surface area contributed by atoms with Crippen molar-refractivity contribution in [2.75, 3.05) is 5.32 Å². The second-order valence-electron chi connectivity index (χ2n) is 4.25. The number of primary amides is 1. The zero-order valence-corrected chi connectivity index (χ0v) is 12.1. The summed E-state index contributed by atoms with van der Waals surface area (Å²) in [5.74, 6) is 0. The molecule has 5 N–H and O–H groups in total. The van der Waals surface area contributed by atoms with E-state index in [0.717, 1.165) is 5.69 Å². The van der Waals surface area contributed by atoms with Crippen LogP contribution in [0.4, 0.5) is 10.5 Å². The van der Waals surface area contributed by atoms with Gasteiger partial charge in [0.05, 0.1) is 0 Å². The first-order valence-corrected chi connectivity index (χ1v) is 7.05. The van der Waals surface area contributed by atoms with E-state index < -0.39 is 6.03 Å². The van der Waals surface area contributed by atoms with Gasteiger partial charge in [-0.15, -0.1) is 0 Å². The van der Waals surface area contributed by atoms with Crippen molar-refractivity contribution in [1.82, 2.24) is 0 Å². The molecule has 1 aromatic carbocycles. The zero-order valence-electron chi connectivity index (χ0n) is 12.1. The Balaban J connectivity index is 0.000000316. The third-order valence-corrected chi connectivity index (χ3v) is 2.69. The van der Waals surface area contributed by atoms with Crippen molar-refractivity contribution < 1.29 is 4.79 Å². The zero-order chi connectivity index (χ0) is 14.5. The second-order valence-corrected chi connectivity index (χ2v) is 4.25. The van der Waals surface area contributed by atoms with Crippen LogP contribution in [-0.4, -0.2) is 12.1 Å². The third-order valence-electron chi connectivity index (χ3n) is 2.69. The molecule has 1 aromatic rings. The monoisotopic (exact) mass is 265 g/mol. The summed E-state index contributed by atoms with van der Waals surface area (Å²) < 4.78 is 0. The van der Waals surface area contributed by atoms with E-state index in [1.807, 2.05) is 32.0 Å². The van der Waals surface area contributed by atoms with Crippen LogP contribution in [-0.2, 0) is 0 Å². The van der Waals surface area contributed by atoms with Gasteiger partial charge in [0.15, 0.2) is 0 Å². The molecule has 1 fully saturated rings. The van der Waals surface area contributed by atoms with E-state index in [9.17, 15) is 4.79 Å². The maximum atomic E-state index is 10.3. The van der Waals surface area contributed by atoms with Crippen molar-refractivity contribution >= 4 is 11.7 Å². The number of hydrogen-bond donors (Lipinski definition) is 3. The van der Waals surface area contributed by atoms with Gasteiger partial charge in [0.2, 0.25) is 0 Å². The number of amides is 2. The largest absolute Gasteiger partial charge is 0.351 e. The highest BCUT2D eigenvalue weighted by Crippen LogP contribution is 2.14. The molecule has 0 aliphatic heterocycles. The summed E-state index contributed by atoms with van der Waals surface area (Å²) in [5.41, 5.74) is 11.2. The fourth-order valence-electron chi connectivity index (χ4n) is 1.80. The Labute approximate surface area is 116 Å². The van der Waals surface area contributed by atoms with Crippen LogP contribution in [0, 0.1) is 0 Å². The predicted molar refractivity (Wildman–Crippen MR) is 82.1 cm³/mol. The lowest BCUT2D eigenvalue weighted by molar-refractivity contribution is 0.259. The average Bonchev–Trinajstić information content (AvgIpc) is 2.43. The molecule has 0 bridgehead atoms. The van der Waals surface area contributed by atoms with Crippen LogP contribution in [0.15, 0.2) is 30.3 Å². The Morgan fingerprint density at radius 1 is 1.11 bits per heavy atom. The quantitative estimate of drug-likeness (QED) is 0.726. The molecule has 0 radical (unpaired) electrons.